The lowest BCUT2D eigenvalue weighted by Crippen LogP contribution is -2.42. The summed E-state index contributed by atoms with van der Waals surface area (Å²) in [6.45, 7) is 7.90. The van der Waals surface area contributed by atoms with Crippen LogP contribution in [0.2, 0.25) is 0 Å². The van der Waals surface area contributed by atoms with Crippen molar-refractivity contribution in [2.45, 2.75) is 33.2 Å². The summed E-state index contributed by atoms with van der Waals surface area (Å²) in [4.78, 5) is 11.9. The van der Waals surface area contributed by atoms with Crippen LogP contribution in [0.15, 0.2) is 42.5 Å². The van der Waals surface area contributed by atoms with E-state index < -0.39 is 0 Å². The first-order valence-corrected chi connectivity index (χ1v) is 6.71. The fourth-order valence-corrected chi connectivity index (χ4v) is 2.10. The second kappa shape index (κ2) is 5.04. The fraction of sp³-hybridized carbons (Fsp3) is 0.353. The molecule has 19 heavy (non-hydrogen) atoms. The van der Waals surface area contributed by atoms with E-state index in [1.807, 2.05) is 39.8 Å². The summed E-state index contributed by atoms with van der Waals surface area (Å²) in [7, 11) is 0. The molecule has 0 aliphatic rings. The minimum absolute atomic E-state index is 0.000249. The van der Waals surface area contributed by atoms with E-state index in [1.54, 1.807) is 0 Å². The van der Waals surface area contributed by atoms with Gasteiger partial charge >= 0.3 is 0 Å². The molecule has 1 amide bonds. The van der Waals surface area contributed by atoms with Crippen molar-refractivity contribution < 1.29 is 4.79 Å². The Balaban J connectivity index is 2.34. The third kappa shape index (κ3) is 2.95. The number of carbonyl (C=O) groups is 1. The minimum Gasteiger partial charge on any atom is -0.347 e. The first kappa shape index (κ1) is 13.6. The van der Waals surface area contributed by atoms with Crippen molar-refractivity contribution >= 4 is 16.7 Å². The average Bonchev–Trinajstić information content (AvgIpc) is 2.37. The van der Waals surface area contributed by atoms with Crippen LogP contribution in [0.5, 0.6) is 0 Å². The molecular weight excluding hydrogens is 234 g/mol. The van der Waals surface area contributed by atoms with Crippen molar-refractivity contribution in [3.8, 4) is 0 Å². The molecule has 2 aromatic carbocycles. The van der Waals surface area contributed by atoms with Gasteiger partial charge in [-0.05, 0) is 36.2 Å². The highest BCUT2D eigenvalue weighted by Gasteiger charge is 2.24. The van der Waals surface area contributed by atoms with Crippen LogP contribution in [-0.4, -0.2) is 5.91 Å². The summed E-state index contributed by atoms with van der Waals surface area (Å²) >= 11 is 0. The molecule has 2 aromatic rings. The lowest BCUT2D eigenvalue weighted by molar-refractivity contribution is -0.125. The standard InChI is InChI=1S/C17H21NO/c1-12(2)16(19)18-17(3,4)15-10-9-13-7-5-6-8-14(13)11-15/h5-12H,1-4H3,(H,18,19). The molecule has 0 aliphatic carbocycles. The summed E-state index contributed by atoms with van der Waals surface area (Å²) < 4.78 is 0. The van der Waals surface area contributed by atoms with Gasteiger partial charge in [-0.1, -0.05) is 50.2 Å². The SMILES string of the molecule is CC(C)C(=O)NC(C)(C)c1ccc2ccccc2c1. The number of hydrogen-bond acceptors (Lipinski definition) is 1. The van der Waals surface area contributed by atoms with Crippen LogP contribution >= 0.6 is 0 Å². The Hall–Kier alpha value is -1.83. The Bertz CT molecular complexity index is 599. The van der Waals surface area contributed by atoms with Crippen molar-refractivity contribution in [1.82, 2.24) is 5.32 Å². The van der Waals surface area contributed by atoms with Gasteiger partial charge in [0.05, 0.1) is 5.54 Å². The smallest absolute Gasteiger partial charge is 0.223 e. The number of benzene rings is 2. The largest absolute Gasteiger partial charge is 0.347 e. The van der Waals surface area contributed by atoms with Crippen LogP contribution in [0.4, 0.5) is 0 Å². The molecule has 0 saturated heterocycles. The normalized spacial score (nSPS) is 11.8. The van der Waals surface area contributed by atoms with Gasteiger partial charge in [-0.3, -0.25) is 4.79 Å². The van der Waals surface area contributed by atoms with Gasteiger partial charge in [0.15, 0.2) is 0 Å². The monoisotopic (exact) mass is 255 g/mol. The molecule has 0 aliphatic heterocycles. The topological polar surface area (TPSA) is 29.1 Å². The Morgan fingerprint density at radius 3 is 2.32 bits per heavy atom. The zero-order valence-electron chi connectivity index (χ0n) is 12.0. The maximum absolute atomic E-state index is 11.9. The fourth-order valence-electron chi connectivity index (χ4n) is 2.10. The Morgan fingerprint density at radius 2 is 1.68 bits per heavy atom. The summed E-state index contributed by atoms with van der Waals surface area (Å²) in [5.41, 5.74) is 0.769. The van der Waals surface area contributed by atoms with Crippen LogP contribution in [0.25, 0.3) is 10.8 Å². The van der Waals surface area contributed by atoms with E-state index in [-0.39, 0.29) is 17.4 Å². The van der Waals surface area contributed by atoms with Gasteiger partial charge in [0.2, 0.25) is 5.91 Å². The van der Waals surface area contributed by atoms with Crippen molar-refractivity contribution in [3.05, 3.63) is 48.0 Å². The Morgan fingerprint density at radius 1 is 1.05 bits per heavy atom. The van der Waals surface area contributed by atoms with Crippen molar-refractivity contribution in [1.29, 1.82) is 0 Å². The molecular formula is C17H21NO. The summed E-state index contributed by atoms with van der Waals surface area (Å²) in [5, 5.41) is 5.52. The molecule has 0 saturated carbocycles. The highest BCUT2D eigenvalue weighted by atomic mass is 16.2. The molecule has 0 fully saturated rings. The van der Waals surface area contributed by atoms with Gasteiger partial charge in [-0.2, -0.15) is 0 Å². The van der Waals surface area contributed by atoms with Crippen LogP contribution < -0.4 is 5.32 Å². The molecule has 100 valence electrons. The Kier molecular flexibility index (Phi) is 3.61. The predicted molar refractivity (Wildman–Crippen MR) is 80.0 cm³/mol. The van der Waals surface area contributed by atoms with Gasteiger partial charge in [0.25, 0.3) is 0 Å². The van der Waals surface area contributed by atoms with Gasteiger partial charge in [-0.25, -0.2) is 0 Å². The zero-order valence-corrected chi connectivity index (χ0v) is 12.0. The third-order valence-corrected chi connectivity index (χ3v) is 3.43. The van der Waals surface area contributed by atoms with Crippen LogP contribution in [-0.2, 0) is 10.3 Å². The third-order valence-electron chi connectivity index (χ3n) is 3.43. The minimum atomic E-state index is -0.356. The quantitative estimate of drug-likeness (QED) is 0.887. The number of hydrogen-bond donors (Lipinski definition) is 1. The summed E-state index contributed by atoms with van der Waals surface area (Å²) in [6.07, 6.45) is 0. The maximum Gasteiger partial charge on any atom is 0.223 e. The van der Waals surface area contributed by atoms with Gasteiger partial charge < -0.3 is 5.32 Å². The summed E-state index contributed by atoms with van der Waals surface area (Å²) in [6, 6.07) is 14.6. The van der Waals surface area contributed by atoms with Gasteiger partial charge in [0, 0.05) is 5.92 Å². The average molecular weight is 255 g/mol. The molecule has 2 nitrogen and oxygen atoms in total. The first-order valence-electron chi connectivity index (χ1n) is 6.71. The van der Waals surface area contributed by atoms with E-state index in [0.29, 0.717) is 0 Å². The highest BCUT2D eigenvalue weighted by molar-refractivity contribution is 5.84. The maximum atomic E-state index is 11.9. The van der Waals surface area contributed by atoms with Gasteiger partial charge in [0.1, 0.15) is 0 Å². The number of carbonyl (C=O) groups excluding carboxylic acids is 1. The number of amides is 1. The van der Waals surface area contributed by atoms with E-state index in [0.717, 1.165) is 5.56 Å². The van der Waals surface area contributed by atoms with Crippen molar-refractivity contribution in [3.63, 3.8) is 0 Å². The van der Waals surface area contributed by atoms with E-state index in [2.05, 4.69) is 35.6 Å². The number of nitrogens with one attached hydrogen (secondary N) is 1. The van der Waals surface area contributed by atoms with Crippen molar-refractivity contribution in [2.75, 3.05) is 0 Å². The Labute approximate surface area is 114 Å². The van der Waals surface area contributed by atoms with Gasteiger partial charge in [-0.15, -0.1) is 0 Å². The molecule has 0 aromatic heterocycles. The summed E-state index contributed by atoms with van der Waals surface area (Å²) in [5.74, 6) is 0.0814. The zero-order chi connectivity index (χ0) is 14.0. The highest BCUT2D eigenvalue weighted by Crippen LogP contribution is 2.24. The predicted octanol–water partition coefficient (Wildman–Crippen LogP) is 3.85. The number of fused-ring (bicyclic) bond motifs is 1. The van der Waals surface area contributed by atoms with E-state index in [4.69, 9.17) is 0 Å². The molecule has 0 radical (unpaired) electrons. The molecule has 2 heteroatoms. The lowest BCUT2D eigenvalue weighted by atomic mass is 9.91. The van der Waals surface area contributed by atoms with E-state index in [1.165, 1.54) is 10.8 Å². The molecule has 0 bridgehead atoms. The van der Waals surface area contributed by atoms with Crippen LogP contribution in [0.1, 0.15) is 33.3 Å². The molecule has 0 spiro atoms. The molecule has 2 rings (SSSR count). The molecule has 0 unspecified atom stereocenters. The number of rotatable bonds is 3. The molecule has 0 heterocycles. The lowest BCUT2D eigenvalue weighted by Gasteiger charge is -2.28. The van der Waals surface area contributed by atoms with Crippen LogP contribution in [0.3, 0.4) is 0 Å². The molecule has 0 atom stereocenters. The first-order chi connectivity index (χ1) is 8.90. The van der Waals surface area contributed by atoms with Crippen molar-refractivity contribution in [2.24, 2.45) is 5.92 Å². The van der Waals surface area contributed by atoms with E-state index >= 15 is 0 Å². The molecule has 1 N–H and O–H groups in total. The second-order valence-electron chi connectivity index (χ2n) is 5.83. The van der Waals surface area contributed by atoms with E-state index in [9.17, 15) is 4.79 Å². The van der Waals surface area contributed by atoms with Crippen LogP contribution in [0, 0.1) is 5.92 Å². The second-order valence-corrected chi connectivity index (χ2v) is 5.83.